The van der Waals surface area contributed by atoms with Crippen LogP contribution in [0.2, 0.25) is 0 Å². The van der Waals surface area contributed by atoms with Gasteiger partial charge in [0.05, 0.1) is 11.0 Å². The molecule has 0 saturated carbocycles. The van der Waals surface area contributed by atoms with Gasteiger partial charge in [-0.25, -0.2) is 4.79 Å². The minimum absolute atomic E-state index is 0.0768. The number of carbonyl (C=O) groups excluding carboxylic acids is 3. The Morgan fingerprint density at radius 2 is 1.43 bits per heavy atom. The Balaban J connectivity index is 1.72. The second-order valence-electron chi connectivity index (χ2n) is 10.8. The maximum absolute atomic E-state index is 14.7. The zero-order valence-corrected chi connectivity index (χ0v) is 27.2. The first-order valence-corrected chi connectivity index (χ1v) is 17.0. The van der Waals surface area contributed by atoms with Gasteiger partial charge in [0, 0.05) is 49.8 Å². The topological polar surface area (TPSA) is 119 Å². The van der Waals surface area contributed by atoms with Gasteiger partial charge in [-0.1, -0.05) is 103 Å². The van der Waals surface area contributed by atoms with Crippen molar-refractivity contribution < 1.29 is 24.0 Å². The number of hydrogen-bond donors (Lipinski definition) is 1. The van der Waals surface area contributed by atoms with E-state index in [1.807, 2.05) is 91.0 Å². The molecule has 0 aromatic heterocycles. The minimum atomic E-state index is -3.10. The number of benzene rings is 4. The number of esters is 1. The van der Waals surface area contributed by atoms with Crippen LogP contribution in [0.4, 0.5) is 5.69 Å². The van der Waals surface area contributed by atoms with Gasteiger partial charge in [-0.15, -0.1) is 0 Å². The molecule has 1 fully saturated rings. The Bertz CT molecular complexity index is 1780. The van der Waals surface area contributed by atoms with E-state index in [1.165, 1.54) is 37.4 Å². The Morgan fingerprint density at radius 1 is 0.915 bits per heavy atom. The van der Waals surface area contributed by atoms with Crippen LogP contribution in [0.1, 0.15) is 25.3 Å². The maximum atomic E-state index is 14.7. The molecule has 5 rings (SSSR count). The van der Waals surface area contributed by atoms with Crippen LogP contribution in [0, 0.1) is 10.1 Å². The zero-order chi connectivity index (χ0) is 33.4. The average Bonchev–Trinajstić information content (AvgIpc) is 3.08. The molecule has 1 atom stereocenters. The van der Waals surface area contributed by atoms with Crippen molar-refractivity contribution in [1.82, 2.24) is 10.2 Å². The maximum Gasteiger partial charge on any atom is 0.356 e. The number of non-ortho nitro benzene ring substituents is 1. The van der Waals surface area contributed by atoms with E-state index >= 15 is 0 Å². The second-order valence-corrected chi connectivity index (χ2v) is 14.7. The highest BCUT2D eigenvalue weighted by Gasteiger charge is 2.47. The van der Waals surface area contributed by atoms with E-state index in [-0.39, 0.29) is 42.4 Å². The lowest BCUT2D eigenvalue weighted by molar-refractivity contribution is -0.384. The lowest BCUT2D eigenvalue weighted by atomic mass is 9.97. The number of β-lactam (4-membered cyclic amide) rings is 1. The van der Waals surface area contributed by atoms with Gasteiger partial charge >= 0.3 is 5.97 Å². The Labute approximate surface area is 278 Å². The van der Waals surface area contributed by atoms with Gasteiger partial charge in [-0.3, -0.25) is 19.7 Å². The molecule has 47 heavy (non-hydrogen) atoms. The third-order valence-electron chi connectivity index (χ3n) is 7.71. The highest BCUT2D eigenvalue weighted by atomic mass is 32.1. The smallest absolute Gasteiger partial charge is 0.356 e. The summed E-state index contributed by atoms with van der Waals surface area (Å²) in [5, 5.41) is 16.3. The fourth-order valence-corrected chi connectivity index (χ4v) is 10.3. The molecule has 9 nitrogen and oxygen atoms in total. The Kier molecular flexibility index (Phi) is 10.6. The van der Waals surface area contributed by atoms with Crippen molar-refractivity contribution in [2.75, 3.05) is 0 Å². The SMILES string of the molecule is CC(=O)N/C=C/C(=S)CC1CC(=O)N1C(C(=O)OCc1ccc([N+](=O)[O-])cc1)=P(c1ccccc1)(c1ccccc1)c1ccccc1. The summed E-state index contributed by atoms with van der Waals surface area (Å²) < 4.78 is 6.00. The van der Waals surface area contributed by atoms with E-state index < -0.39 is 23.8 Å². The number of carbonyl (C=O) groups is 3. The van der Waals surface area contributed by atoms with E-state index in [1.54, 1.807) is 11.0 Å². The fraction of sp³-hybridized carbons (Fsp3) is 0.139. The number of nitro benzene ring substituents is 1. The molecule has 11 heteroatoms. The molecule has 0 aliphatic carbocycles. The number of nitrogens with zero attached hydrogens (tertiary/aromatic N) is 2. The number of ether oxygens (including phenoxy) is 1. The summed E-state index contributed by atoms with van der Waals surface area (Å²) in [4.78, 5) is 52.5. The van der Waals surface area contributed by atoms with Gasteiger partial charge in [0.25, 0.3) is 5.69 Å². The standard InChI is InChI=1S/C36H32N3O6PS/c1-26(40)37-22-21-33(47)23-29-24-34(41)38(29)35(36(42)45-25-27-17-19-28(20-18-27)39(43)44)46(30-11-5-2-6-12-30,31-13-7-3-8-14-31)32-15-9-4-10-16-32/h2-22,29H,23-25H2,1H3,(H,37,40)/b22-21+. The summed E-state index contributed by atoms with van der Waals surface area (Å²) in [5.74, 6) is -1.15. The van der Waals surface area contributed by atoms with Crippen LogP contribution in [0.3, 0.4) is 0 Å². The number of likely N-dealkylation sites (tertiary alicyclic amines) is 1. The quantitative estimate of drug-likeness (QED) is 0.0441. The molecule has 0 bridgehead atoms. The summed E-state index contributed by atoms with van der Waals surface area (Å²) in [6.45, 7) is -1.87. The molecule has 0 radical (unpaired) electrons. The van der Waals surface area contributed by atoms with Crippen molar-refractivity contribution >= 4 is 68.8 Å². The van der Waals surface area contributed by atoms with Crippen molar-refractivity contribution in [2.24, 2.45) is 0 Å². The number of thiocarbonyl (C=S) groups is 1. The van der Waals surface area contributed by atoms with E-state index in [2.05, 4.69) is 5.32 Å². The third-order valence-corrected chi connectivity index (χ3v) is 12.3. The highest BCUT2D eigenvalue weighted by molar-refractivity contribution is 7.96. The van der Waals surface area contributed by atoms with Gasteiger partial charge < -0.3 is 15.0 Å². The van der Waals surface area contributed by atoms with Crippen molar-refractivity contribution in [2.45, 2.75) is 32.4 Å². The number of nitrogens with one attached hydrogen (secondary N) is 1. The van der Waals surface area contributed by atoms with Crippen LogP contribution < -0.4 is 21.2 Å². The molecule has 0 spiro atoms. The van der Waals surface area contributed by atoms with Gasteiger partial charge in [0.15, 0.2) is 0 Å². The van der Waals surface area contributed by atoms with E-state index in [4.69, 9.17) is 17.0 Å². The highest BCUT2D eigenvalue weighted by Crippen LogP contribution is 2.49. The van der Waals surface area contributed by atoms with Gasteiger partial charge in [0.2, 0.25) is 11.8 Å². The first-order chi connectivity index (χ1) is 22.7. The first kappa shape index (κ1) is 33.2. The van der Waals surface area contributed by atoms with Crippen LogP contribution >= 0.6 is 19.1 Å². The van der Waals surface area contributed by atoms with Gasteiger partial charge in [-0.05, 0) is 39.7 Å². The number of nitro groups is 1. The van der Waals surface area contributed by atoms with Crippen LogP contribution in [0.5, 0.6) is 0 Å². The largest absolute Gasteiger partial charge is 0.456 e. The normalized spacial score (nSPS) is 14.3. The number of hydrogen-bond acceptors (Lipinski definition) is 7. The number of amides is 2. The molecular formula is C36H32N3O6PS. The van der Waals surface area contributed by atoms with E-state index in [0.717, 1.165) is 15.9 Å². The first-order valence-electron chi connectivity index (χ1n) is 14.8. The van der Waals surface area contributed by atoms with Crippen LogP contribution in [0.25, 0.3) is 0 Å². The molecular weight excluding hydrogens is 633 g/mol. The summed E-state index contributed by atoms with van der Waals surface area (Å²) in [5.41, 5.74) is 0.701. The third kappa shape index (κ3) is 7.30. The molecule has 2 amide bonds. The predicted molar refractivity (Wildman–Crippen MR) is 188 cm³/mol. The average molecular weight is 666 g/mol. The molecule has 4 aromatic carbocycles. The van der Waals surface area contributed by atoms with Crippen molar-refractivity contribution in [3.05, 3.63) is 143 Å². The molecule has 1 heterocycles. The molecule has 1 aliphatic heterocycles. The van der Waals surface area contributed by atoms with Gasteiger partial charge in [0.1, 0.15) is 12.0 Å². The monoisotopic (exact) mass is 665 g/mol. The molecule has 1 unspecified atom stereocenters. The molecule has 238 valence electrons. The fourth-order valence-electron chi connectivity index (χ4n) is 5.58. The number of rotatable bonds is 12. The van der Waals surface area contributed by atoms with E-state index in [9.17, 15) is 24.5 Å². The van der Waals surface area contributed by atoms with Gasteiger partial charge in [-0.2, -0.15) is 0 Å². The summed E-state index contributed by atoms with van der Waals surface area (Å²) >= 11 is 5.60. The molecule has 1 aliphatic rings. The van der Waals surface area contributed by atoms with E-state index in [0.29, 0.717) is 10.4 Å². The molecule has 1 saturated heterocycles. The lowest BCUT2D eigenvalue weighted by Gasteiger charge is -2.45. The number of allylic oxidation sites excluding steroid dienone is 1. The minimum Gasteiger partial charge on any atom is -0.456 e. The van der Waals surface area contributed by atoms with Crippen LogP contribution in [0.15, 0.2) is 128 Å². The Hall–Kier alpha value is -5.18. The lowest BCUT2D eigenvalue weighted by Crippen LogP contribution is -2.60. The second kappa shape index (κ2) is 14.9. The predicted octanol–water partition coefficient (Wildman–Crippen LogP) is 4.77. The molecule has 1 N–H and O–H groups in total. The summed E-state index contributed by atoms with van der Waals surface area (Å²) in [6.07, 6.45) is 3.53. The van der Waals surface area contributed by atoms with Crippen LogP contribution in [-0.4, -0.2) is 43.9 Å². The summed E-state index contributed by atoms with van der Waals surface area (Å²) in [6, 6.07) is 34.3. The van der Waals surface area contributed by atoms with Crippen molar-refractivity contribution in [3.63, 3.8) is 0 Å². The Morgan fingerprint density at radius 3 is 1.87 bits per heavy atom. The van der Waals surface area contributed by atoms with Crippen LogP contribution in [-0.2, 0) is 25.7 Å². The molecule has 4 aromatic rings. The summed E-state index contributed by atoms with van der Waals surface area (Å²) in [7, 11) is 0. The van der Waals surface area contributed by atoms with Crippen molar-refractivity contribution in [3.8, 4) is 0 Å². The zero-order valence-electron chi connectivity index (χ0n) is 25.5. The van der Waals surface area contributed by atoms with Crippen molar-refractivity contribution in [1.29, 1.82) is 0 Å².